The molecule has 0 radical (unpaired) electrons. The summed E-state index contributed by atoms with van der Waals surface area (Å²) in [7, 11) is 0. The highest BCUT2D eigenvalue weighted by molar-refractivity contribution is 5.24. The molecular formula is C13H20N2O. The molecule has 2 unspecified atom stereocenters. The van der Waals surface area contributed by atoms with Gasteiger partial charge in [-0.15, -0.1) is 0 Å². The average molecular weight is 220 g/mol. The molecule has 2 aliphatic heterocycles. The highest BCUT2D eigenvalue weighted by Crippen LogP contribution is 2.20. The number of morpholine rings is 1. The fourth-order valence-corrected chi connectivity index (χ4v) is 2.88. The summed E-state index contributed by atoms with van der Waals surface area (Å²) in [4.78, 5) is 2.58. The van der Waals surface area contributed by atoms with Crippen molar-refractivity contribution < 1.29 is 4.74 Å². The van der Waals surface area contributed by atoms with Crippen LogP contribution in [0.5, 0.6) is 0 Å². The summed E-state index contributed by atoms with van der Waals surface area (Å²) < 4.78 is 5.78. The van der Waals surface area contributed by atoms with Crippen molar-refractivity contribution in [3.05, 3.63) is 23.8 Å². The molecule has 0 amide bonds. The number of ether oxygens (including phenoxy) is 1. The van der Waals surface area contributed by atoms with Gasteiger partial charge in [0.05, 0.1) is 12.7 Å². The van der Waals surface area contributed by atoms with E-state index in [0.29, 0.717) is 12.1 Å². The van der Waals surface area contributed by atoms with Gasteiger partial charge in [-0.3, -0.25) is 4.90 Å². The van der Waals surface area contributed by atoms with Gasteiger partial charge >= 0.3 is 0 Å². The molecule has 16 heavy (non-hydrogen) atoms. The molecule has 3 nitrogen and oxygen atoms in total. The van der Waals surface area contributed by atoms with Gasteiger partial charge in [0.1, 0.15) is 0 Å². The van der Waals surface area contributed by atoms with Crippen LogP contribution in [0.3, 0.4) is 0 Å². The molecule has 2 fully saturated rings. The van der Waals surface area contributed by atoms with Crippen LogP contribution in [0.1, 0.15) is 12.8 Å². The van der Waals surface area contributed by atoms with Crippen molar-refractivity contribution in [3.8, 4) is 0 Å². The van der Waals surface area contributed by atoms with Crippen molar-refractivity contribution >= 4 is 0 Å². The van der Waals surface area contributed by atoms with Crippen molar-refractivity contribution in [1.29, 1.82) is 0 Å². The van der Waals surface area contributed by atoms with Crippen LogP contribution in [0.2, 0.25) is 0 Å². The molecule has 0 bridgehead atoms. The number of hydrogen-bond donors (Lipinski definition) is 1. The third-order valence-corrected chi connectivity index (χ3v) is 3.77. The Kier molecular flexibility index (Phi) is 3.09. The van der Waals surface area contributed by atoms with Gasteiger partial charge in [-0.05, 0) is 18.4 Å². The molecule has 0 spiro atoms. The first kappa shape index (κ1) is 10.5. The van der Waals surface area contributed by atoms with Crippen molar-refractivity contribution in [3.63, 3.8) is 0 Å². The zero-order valence-corrected chi connectivity index (χ0v) is 9.69. The summed E-state index contributed by atoms with van der Waals surface area (Å²) >= 11 is 0. The van der Waals surface area contributed by atoms with Crippen LogP contribution in [-0.2, 0) is 4.74 Å². The molecule has 2 heterocycles. The second kappa shape index (κ2) is 4.70. The molecular weight excluding hydrogens is 200 g/mol. The zero-order chi connectivity index (χ0) is 10.8. The van der Waals surface area contributed by atoms with Crippen LogP contribution >= 0.6 is 0 Å². The monoisotopic (exact) mass is 220 g/mol. The zero-order valence-electron chi connectivity index (χ0n) is 9.69. The Balaban J connectivity index is 1.65. The molecule has 3 heteroatoms. The van der Waals surface area contributed by atoms with E-state index in [1.165, 1.54) is 18.4 Å². The first-order valence-corrected chi connectivity index (χ1v) is 6.35. The van der Waals surface area contributed by atoms with E-state index in [9.17, 15) is 0 Å². The smallest absolute Gasteiger partial charge is 0.0867 e. The maximum Gasteiger partial charge on any atom is 0.0867 e. The van der Waals surface area contributed by atoms with E-state index in [-0.39, 0.29) is 0 Å². The summed E-state index contributed by atoms with van der Waals surface area (Å²) in [5, 5.41) is 3.43. The lowest BCUT2D eigenvalue weighted by Gasteiger charge is -2.37. The topological polar surface area (TPSA) is 24.5 Å². The standard InChI is InChI=1S/C13H20N2O/c1-2-4-11(5-3-1)10-15-6-7-16-13-9-14-8-12(13)15/h2,4-5,12-14H,1,3,6-10H2. The van der Waals surface area contributed by atoms with Gasteiger partial charge < -0.3 is 10.1 Å². The fraction of sp³-hybridized carbons (Fsp3) is 0.692. The van der Waals surface area contributed by atoms with Crippen LogP contribution in [0, 0.1) is 0 Å². The number of nitrogens with zero attached hydrogens (tertiary/aromatic N) is 1. The van der Waals surface area contributed by atoms with E-state index < -0.39 is 0 Å². The Morgan fingerprint density at radius 1 is 1.38 bits per heavy atom. The van der Waals surface area contributed by atoms with Gasteiger partial charge in [-0.25, -0.2) is 0 Å². The van der Waals surface area contributed by atoms with Crippen LogP contribution in [-0.4, -0.2) is 49.8 Å². The van der Waals surface area contributed by atoms with E-state index in [2.05, 4.69) is 28.4 Å². The SMILES string of the molecule is C1=CC(CN2CCOC3CNCC32)=CCC1. The van der Waals surface area contributed by atoms with Crippen LogP contribution in [0.25, 0.3) is 0 Å². The van der Waals surface area contributed by atoms with Crippen molar-refractivity contribution in [2.45, 2.75) is 25.0 Å². The fourth-order valence-electron chi connectivity index (χ4n) is 2.88. The van der Waals surface area contributed by atoms with Crippen molar-refractivity contribution in [2.24, 2.45) is 0 Å². The molecule has 1 N–H and O–H groups in total. The van der Waals surface area contributed by atoms with E-state index >= 15 is 0 Å². The minimum absolute atomic E-state index is 0.418. The maximum atomic E-state index is 5.78. The average Bonchev–Trinajstić information content (AvgIpc) is 2.80. The molecule has 2 saturated heterocycles. The predicted octanol–water partition coefficient (Wildman–Crippen LogP) is 0.935. The van der Waals surface area contributed by atoms with E-state index in [0.717, 1.165) is 32.8 Å². The number of nitrogens with one attached hydrogen (secondary N) is 1. The molecule has 3 aliphatic rings. The molecule has 1 aliphatic carbocycles. The summed E-state index contributed by atoms with van der Waals surface area (Å²) in [5.41, 5.74) is 1.48. The van der Waals surface area contributed by atoms with Crippen LogP contribution in [0.15, 0.2) is 23.8 Å². The number of fused-ring (bicyclic) bond motifs is 1. The quantitative estimate of drug-likeness (QED) is 0.749. The Bertz CT molecular complexity index is 311. The minimum Gasteiger partial charge on any atom is -0.374 e. The number of allylic oxidation sites excluding steroid dienone is 2. The Morgan fingerprint density at radius 2 is 2.38 bits per heavy atom. The number of rotatable bonds is 2. The maximum absolute atomic E-state index is 5.78. The second-order valence-electron chi connectivity index (χ2n) is 4.86. The molecule has 88 valence electrons. The van der Waals surface area contributed by atoms with Gasteiger partial charge in [-0.1, -0.05) is 18.2 Å². The molecule has 0 aromatic rings. The van der Waals surface area contributed by atoms with E-state index in [4.69, 9.17) is 4.74 Å². The lowest BCUT2D eigenvalue weighted by Crippen LogP contribution is -2.51. The van der Waals surface area contributed by atoms with E-state index in [1.54, 1.807) is 0 Å². The highest BCUT2D eigenvalue weighted by atomic mass is 16.5. The normalized spacial score (nSPS) is 34.9. The summed E-state index contributed by atoms with van der Waals surface area (Å²) in [6, 6.07) is 0.588. The lowest BCUT2D eigenvalue weighted by atomic mass is 10.0. The lowest BCUT2D eigenvalue weighted by molar-refractivity contribution is -0.0428. The molecule has 2 atom stereocenters. The minimum atomic E-state index is 0.418. The van der Waals surface area contributed by atoms with Crippen molar-refractivity contribution in [2.75, 3.05) is 32.8 Å². The summed E-state index contributed by atoms with van der Waals surface area (Å²) in [6.45, 7) is 5.17. The van der Waals surface area contributed by atoms with Crippen LogP contribution < -0.4 is 5.32 Å². The molecule has 3 rings (SSSR count). The van der Waals surface area contributed by atoms with Crippen molar-refractivity contribution in [1.82, 2.24) is 10.2 Å². The third-order valence-electron chi connectivity index (χ3n) is 3.77. The Labute approximate surface area is 97.1 Å². The second-order valence-corrected chi connectivity index (χ2v) is 4.86. The largest absolute Gasteiger partial charge is 0.374 e. The first-order valence-electron chi connectivity index (χ1n) is 6.35. The summed E-state index contributed by atoms with van der Waals surface area (Å²) in [6.07, 6.45) is 9.80. The van der Waals surface area contributed by atoms with Crippen LogP contribution in [0.4, 0.5) is 0 Å². The first-order chi connectivity index (χ1) is 7.93. The van der Waals surface area contributed by atoms with Gasteiger partial charge in [0.25, 0.3) is 0 Å². The number of hydrogen-bond acceptors (Lipinski definition) is 3. The van der Waals surface area contributed by atoms with Gasteiger partial charge in [-0.2, -0.15) is 0 Å². The molecule has 0 aromatic carbocycles. The van der Waals surface area contributed by atoms with Gasteiger partial charge in [0.2, 0.25) is 0 Å². The highest BCUT2D eigenvalue weighted by Gasteiger charge is 2.35. The Morgan fingerprint density at radius 3 is 3.25 bits per heavy atom. The van der Waals surface area contributed by atoms with Gasteiger partial charge in [0, 0.05) is 32.2 Å². The van der Waals surface area contributed by atoms with Gasteiger partial charge in [0.15, 0.2) is 0 Å². The van der Waals surface area contributed by atoms with E-state index in [1.807, 2.05) is 0 Å². The molecule has 0 saturated carbocycles. The summed E-state index contributed by atoms with van der Waals surface area (Å²) in [5.74, 6) is 0. The third kappa shape index (κ3) is 2.08. The Hall–Kier alpha value is -0.640. The predicted molar refractivity (Wildman–Crippen MR) is 64.4 cm³/mol. The molecule has 0 aromatic heterocycles.